The monoisotopic (exact) mass is 297 g/mol. The Hall–Kier alpha value is -1.88. The number of hydrogen-bond donors (Lipinski definition) is 0. The molecule has 6 heteroatoms. The summed E-state index contributed by atoms with van der Waals surface area (Å²) in [6.07, 6.45) is 0. The Labute approximate surface area is 122 Å². The van der Waals surface area contributed by atoms with Crippen LogP contribution in [0.5, 0.6) is 0 Å². The van der Waals surface area contributed by atoms with Crippen molar-refractivity contribution in [3.63, 3.8) is 0 Å². The molecule has 0 spiro atoms. The highest BCUT2D eigenvalue weighted by Crippen LogP contribution is 2.33. The summed E-state index contributed by atoms with van der Waals surface area (Å²) >= 11 is 6.08. The lowest BCUT2D eigenvalue weighted by molar-refractivity contribution is -0.513. The molecule has 1 aromatic carbocycles. The van der Waals surface area contributed by atoms with Gasteiger partial charge in [-0.2, -0.15) is 0 Å². The number of ether oxygens (including phenoxy) is 1. The van der Waals surface area contributed by atoms with Gasteiger partial charge in [0.25, 0.3) is 0 Å². The lowest BCUT2D eigenvalue weighted by atomic mass is 9.86. The van der Waals surface area contributed by atoms with Crippen LogP contribution in [0.25, 0.3) is 0 Å². The molecule has 2 unspecified atom stereocenters. The summed E-state index contributed by atoms with van der Waals surface area (Å²) in [6.45, 7) is 7.05. The van der Waals surface area contributed by atoms with Crippen molar-refractivity contribution >= 4 is 17.6 Å². The molecule has 0 aliphatic rings. The molecule has 5 nitrogen and oxygen atoms in total. The summed E-state index contributed by atoms with van der Waals surface area (Å²) in [4.78, 5) is 22.5. The molecule has 1 rings (SSSR count). The Morgan fingerprint density at radius 1 is 1.50 bits per heavy atom. The first-order chi connectivity index (χ1) is 9.40. The molecule has 0 aliphatic carbocycles. The Morgan fingerprint density at radius 2 is 2.10 bits per heavy atom. The summed E-state index contributed by atoms with van der Waals surface area (Å²) in [5.41, 5.74) is 0.976. The van der Waals surface area contributed by atoms with Gasteiger partial charge in [0, 0.05) is 9.95 Å². The van der Waals surface area contributed by atoms with E-state index in [4.69, 9.17) is 16.3 Å². The van der Waals surface area contributed by atoms with Gasteiger partial charge in [0.2, 0.25) is 0 Å². The third-order valence-corrected chi connectivity index (χ3v) is 3.19. The zero-order valence-electron chi connectivity index (χ0n) is 11.3. The number of nitrogens with zero attached hydrogens (tertiary/aromatic N) is 1. The molecule has 0 bridgehead atoms. The van der Waals surface area contributed by atoms with Crippen molar-refractivity contribution in [2.45, 2.75) is 25.8 Å². The molecule has 1 aromatic rings. The SMILES string of the molecule is C=C(C)C(c1ccccc1Cl)C(C(=O)OCC)[N+](=O)[O-]. The minimum atomic E-state index is -1.55. The van der Waals surface area contributed by atoms with Crippen LogP contribution in [0.4, 0.5) is 0 Å². The fraction of sp³-hybridized carbons (Fsp3) is 0.357. The lowest BCUT2D eigenvalue weighted by Gasteiger charge is -2.21. The van der Waals surface area contributed by atoms with E-state index in [1.165, 1.54) is 0 Å². The van der Waals surface area contributed by atoms with Crippen LogP contribution in [-0.2, 0) is 9.53 Å². The number of benzene rings is 1. The van der Waals surface area contributed by atoms with Crippen LogP contribution in [0.1, 0.15) is 25.3 Å². The maximum Gasteiger partial charge on any atom is 0.382 e. The van der Waals surface area contributed by atoms with Crippen LogP contribution < -0.4 is 0 Å². The average Bonchev–Trinajstić information content (AvgIpc) is 2.36. The molecule has 0 aliphatic heterocycles. The molecular weight excluding hydrogens is 282 g/mol. The second-order valence-corrected chi connectivity index (χ2v) is 4.73. The Kier molecular flexibility index (Phi) is 5.70. The van der Waals surface area contributed by atoms with E-state index in [-0.39, 0.29) is 6.61 Å². The van der Waals surface area contributed by atoms with Crippen LogP contribution >= 0.6 is 11.6 Å². The quantitative estimate of drug-likeness (QED) is 0.350. The van der Waals surface area contributed by atoms with Gasteiger partial charge in [0.15, 0.2) is 0 Å². The van der Waals surface area contributed by atoms with E-state index in [1.54, 1.807) is 38.1 Å². The Balaban J connectivity index is 3.30. The molecule has 0 radical (unpaired) electrons. The van der Waals surface area contributed by atoms with Crippen molar-refractivity contribution in [1.82, 2.24) is 0 Å². The number of nitro groups is 1. The second-order valence-electron chi connectivity index (χ2n) is 4.33. The molecule has 0 saturated heterocycles. The van der Waals surface area contributed by atoms with Gasteiger partial charge in [-0.15, -0.1) is 0 Å². The molecule has 108 valence electrons. The van der Waals surface area contributed by atoms with E-state index in [9.17, 15) is 14.9 Å². The van der Waals surface area contributed by atoms with Crippen LogP contribution in [0, 0.1) is 10.1 Å². The van der Waals surface area contributed by atoms with Gasteiger partial charge in [-0.05, 0) is 25.5 Å². The summed E-state index contributed by atoms with van der Waals surface area (Å²) in [7, 11) is 0. The van der Waals surface area contributed by atoms with Gasteiger partial charge >= 0.3 is 12.0 Å². The molecule has 0 aromatic heterocycles. The first-order valence-electron chi connectivity index (χ1n) is 6.10. The molecular formula is C14H16ClNO4. The highest BCUT2D eigenvalue weighted by atomic mass is 35.5. The van der Waals surface area contributed by atoms with E-state index >= 15 is 0 Å². The van der Waals surface area contributed by atoms with E-state index in [0.29, 0.717) is 16.2 Å². The lowest BCUT2D eigenvalue weighted by Crippen LogP contribution is -2.37. The van der Waals surface area contributed by atoms with Crippen LogP contribution in [-0.4, -0.2) is 23.5 Å². The van der Waals surface area contributed by atoms with Crippen molar-refractivity contribution in [1.29, 1.82) is 0 Å². The van der Waals surface area contributed by atoms with Gasteiger partial charge in [0.1, 0.15) is 0 Å². The van der Waals surface area contributed by atoms with Crippen molar-refractivity contribution in [3.05, 3.63) is 57.1 Å². The van der Waals surface area contributed by atoms with Crippen molar-refractivity contribution in [2.75, 3.05) is 6.61 Å². The zero-order chi connectivity index (χ0) is 15.3. The number of esters is 1. The average molecular weight is 298 g/mol. The standard InChI is InChI=1S/C14H16ClNO4/c1-4-20-14(17)13(16(18)19)12(9(2)3)10-7-5-6-8-11(10)15/h5-8,12-13H,2,4H2,1,3H3. The number of carbonyl (C=O) groups is 1. The summed E-state index contributed by atoms with van der Waals surface area (Å²) in [5, 5.41) is 11.6. The van der Waals surface area contributed by atoms with E-state index < -0.39 is 22.9 Å². The van der Waals surface area contributed by atoms with E-state index in [0.717, 1.165) is 0 Å². The number of hydrogen-bond acceptors (Lipinski definition) is 4. The summed E-state index contributed by atoms with van der Waals surface area (Å²) in [6, 6.07) is 5.14. The molecule has 0 N–H and O–H groups in total. The first kappa shape index (κ1) is 16.2. The molecule has 0 fully saturated rings. The third kappa shape index (κ3) is 3.57. The van der Waals surface area contributed by atoms with Crippen LogP contribution in [0.15, 0.2) is 36.4 Å². The van der Waals surface area contributed by atoms with E-state index in [2.05, 4.69) is 6.58 Å². The highest BCUT2D eigenvalue weighted by molar-refractivity contribution is 6.31. The van der Waals surface area contributed by atoms with Crippen LogP contribution in [0.3, 0.4) is 0 Å². The Morgan fingerprint density at radius 3 is 2.55 bits per heavy atom. The van der Waals surface area contributed by atoms with Crippen molar-refractivity contribution in [3.8, 4) is 0 Å². The molecule has 0 amide bonds. The van der Waals surface area contributed by atoms with Gasteiger partial charge in [-0.1, -0.05) is 42.0 Å². The van der Waals surface area contributed by atoms with Crippen LogP contribution in [0.2, 0.25) is 5.02 Å². The second kappa shape index (κ2) is 7.05. The fourth-order valence-corrected chi connectivity index (χ4v) is 2.26. The van der Waals surface area contributed by atoms with Crippen molar-refractivity contribution < 1.29 is 14.5 Å². The summed E-state index contributed by atoms with van der Waals surface area (Å²) in [5.74, 6) is -1.71. The predicted molar refractivity (Wildman–Crippen MR) is 76.4 cm³/mol. The maximum atomic E-state index is 11.9. The normalized spacial score (nSPS) is 13.3. The molecule has 20 heavy (non-hydrogen) atoms. The van der Waals surface area contributed by atoms with Gasteiger partial charge in [-0.25, -0.2) is 4.79 Å². The minimum absolute atomic E-state index is 0.0780. The largest absolute Gasteiger partial charge is 0.461 e. The Bertz CT molecular complexity index is 530. The number of carbonyl (C=O) groups excluding carboxylic acids is 1. The first-order valence-corrected chi connectivity index (χ1v) is 6.47. The predicted octanol–water partition coefficient (Wildman–Crippen LogP) is 3.21. The van der Waals surface area contributed by atoms with Crippen molar-refractivity contribution in [2.24, 2.45) is 0 Å². The molecule has 0 saturated carbocycles. The molecule has 0 heterocycles. The topological polar surface area (TPSA) is 69.4 Å². The number of halogens is 1. The molecule has 2 atom stereocenters. The minimum Gasteiger partial charge on any atom is -0.461 e. The maximum absolute atomic E-state index is 11.9. The van der Waals surface area contributed by atoms with E-state index in [1.807, 2.05) is 0 Å². The zero-order valence-corrected chi connectivity index (χ0v) is 12.1. The van der Waals surface area contributed by atoms with Gasteiger partial charge in [0.05, 0.1) is 12.5 Å². The third-order valence-electron chi connectivity index (χ3n) is 2.84. The highest BCUT2D eigenvalue weighted by Gasteiger charge is 2.42. The fourth-order valence-electron chi connectivity index (χ4n) is 2.00. The van der Waals surface area contributed by atoms with Gasteiger partial charge < -0.3 is 4.74 Å². The smallest absolute Gasteiger partial charge is 0.382 e. The number of rotatable bonds is 6. The summed E-state index contributed by atoms with van der Waals surface area (Å²) < 4.78 is 4.79. The van der Waals surface area contributed by atoms with Gasteiger partial charge in [-0.3, -0.25) is 10.1 Å².